The molecule has 210 valence electrons. The first-order valence-electron chi connectivity index (χ1n) is 13.5. The zero-order valence-corrected chi connectivity index (χ0v) is 24.9. The fourth-order valence-electron chi connectivity index (χ4n) is 5.05. The number of carbonyl (C=O) groups is 1. The minimum Gasteiger partial charge on any atom is -0.494 e. The molecule has 8 nitrogen and oxygen atoms in total. The van der Waals surface area contributed by atoms with Gasteiger partial charge >= 0.3 is 0 Å². The van der Waals surface area contributed by atoms with Gasteiger partial charge in [-0.3, -0.25) is 14.0 Å². The Hall–Kier alpha value is -3.47. The summed E-state index contributed by atoms with van der Waals surface area (Å²) in [6.45, 7) is 9.50. The SMILES string of the molecule is CCN(CC)CCN(C(=O)c1ccc(S(=O)(=O)N2CCc3ccccc32)cc1)c1nc2c(OC)ccc(C)c2s1. The molecule has 0 unspecified atom stereocenters. The van der Waals surface area contributed by atoms with E-state index in [1.54, 1.807) is 24.1 Å². The van der Waals surface area contributed by atoms with Gasteiger partial charge in [0.05, 0.1) is 22.4 Å². The van der Waals surface area contributed by atoms with Crippen LogP contribution in [0.2, 0.25) is 0 Å². The van der Waals surface area contributed by atoms with Gasteiger partial charge in [-0.2, -0.15) is 0 Å². The van der Waals surface area contributed by atoms with Gasteiger partial charge in [0.25, 0.3) is 15.9 Å². The van der Waals surface area contributed by atoms with Crippen molar-refractivity contribution < 1.29 is 17.9 Å². The topological polar surface area (TPSA) is 83.1 Å². The van der Waals surface area contributed by atoms with Gasteiger partial charge < -0.3 is 9.64 Å². The molecule has 0 saturated heterocycles. The van der Waals surface area contributed by atoms with E-state index in [-0.39, 0.29) is 10.8 Å². The van der Waals surface area contributed by atoms with E-state index in [0.717, 1.165) is 34.4 Å². The predicted molar refractivity (Wildman–Crippen MR) is 161 cm³/mol. The second kappa shape index (κ2) is 11.6. The summed E-state index contributed by atoms with van der Waals surface area (Å²) in [5, 5.41) is 0.588. The van der Waals surface area contributed by atoms with Crippen molar-refractivity contribution in [3.05, 3.63) is 77.4 Å². The van der Waals surface area contributed by atoms with Crippen LogP contribution in [-0.2, 0) is 16.4 Å². The fourth-order valence-corrected chi connectivity index (χ4v) is 7.63. The average molecular weight is 579 g/mol. The molecule has 1 aliphatic rings. The van der Waals surface area contributed by atoms with Gasteiger partial charge in [0.15, 0.2) is 5.13 Å². The first kappa shape index (κ1) is 28.1. The molecule has 0 fully saturated rings. The number of hydrogen-bond donors (Lipinski definition) is 0. The number of methoxy groups -OCH3 is 1. The number of nitrogens with zero attached hydrogens (tertiary/aromatic N) is 4. The summed E-state index contributed by atoms with van der Waals surface area (Å²) in [7, 11) is -2.13. The number of carbonyl (C=O) groups excluding carboxylic acids is 1. The van der Waals surface area contributed by atoms with E-state index in [4.69, 9.17) is 9.72 Å². The lowest BCUT2D eigenvalue weighted by Gasteiger charge is -2.25. The number of aromatic nitrogens is 1. The first-order valence-corrected chi connectivity index (χ1v) is 15.7. The molecule has 40 heavy (non-hydrogen) atoms. The van der Waals surface area contributed by atoms with E-state index in [2.05, 4.69) is 18.7 Å². The molecule has 0 spiro atoms. The molecule has 2 heterocycles. The summed E-state index contributed by atoms with van der Waals surface area (Å²) < 4.78 is 34.9. The van der Waals surface area contributed by atoms with Crippen LogP contribution in [0.1, 0.15) is 35.3 Å². The van der Waals surface area contributed by atoms with Crippen LogP contribution < -0.4 is 13.9 Å². The number of amides is 1. The average Bonchev–Trinajstić information content (AvgIpc) is 3.62. The molecule has 0 bridgehead atoms. The summed E-state index contributed by atoms with van der Waals surface area (Å²) in [6.07, 6.45) is 0.680. The maximum absolute atomic E-state index is 13.9. The molecular formula is C30H34N4O4S2. The lowest BCUT2D eigenvalue weighted by Crippen LogP contribution is -2.39. The van der Waals surface area contributed by atoms with Crippen molar-refractivity contribution in [3.63, 3.8) is 0 Å². The molecule has 0 aliphatic carbocycles. The molecule has 1 amide bonds. The standard InChI is InChI=1S/C30H34N4O4S2/c1-5-32(6-2)19-20-33(30-31-27-26(38-4)16-11-21(3)28(27)39-30)29(35)23-12-14-24(15-13-23)40(36,37)34-18-17-22-9-7-8-10-25(22)34/h7-16H,5-6,17-20H2,1-4H3. The second-order valence-corrected chi connectivity index (χ2v) is 12.6. The van der Waals surface area contributed by atoms with E-state index >= 15 is 0 Å². The van der Waals surface area contributed by atoms with Gasteiger partial charge in [-0.25, -0.2) is 13.4 Å². The smallest absolute Gasteiger partial charge is 0.264 e. The third-order valence-electron chi connectivity index (χ3n) is 7.46. The highest BCUT2D eigenvalue weighted by molar-refractivity contribution is 7.92. The van der Waals surface area contributed by atoms with Crippen LogP contribution >= 0.6 is 11.3 Å². The predicted octanol–water partition coefficient (Wildman–Crippen LogP) is 5.35. The maximum atomic E-state index is 13.9. The summed E-state index contributed by atoms with van der Waals surface area (Å²) in [5.74, 6) is 0.440. The van der Waals surface area contributed by atoms with Crippen molar-refractivity contribution in [2.45, 2.75) is 32.1 Å². The Balaban J connectivity index is 1.46. The van der Waals surface area contributed by atoms with Crippen molar-refractivity contribution >= 4 is 48.3 Å². The molecule has 3 aromatic carbocycles. The van der Waals surface area contributed by atoms with Crippen LogP contribution in [-0.4, -0.2) is 64.0 Å². The Labute approximate surface area is 239 Å². The highest BCUT2D eigenvalue weighted by atomic mass is 32.2. The van der Waals surface area contributed by atoms with Gasteiger partial charge in [0, 0.05) is 25.2 Å². The van der Waals surface area contributed by atoms with Crippen molar-refractivity contribution in [1.29, 1.82) is 0 Å². The summed E-state index contributed by atoms with van der Waals surface area (Å²) >= 11 is 1.46. The number of thiazole rings is 1. The van der Waals surface area contributed by atoms with Crippen molar-refractivity contribution in [3.8, 4) is 5.75 Å². The number of rotatable bonds is 10. The maximum Gasteiger partial charge on any atom is 0.264 e. The van der Waals surface area contributed by atoms with Gasteiger partial charge in [0.1, 0.15) is 11.3 Å². The number of fused-ring (bicyclic) bond motifs is 2. The number of ether oxygens (including phenoxy) is 1. The number of benzene rings is 3. The summed E-state index contributed by atoms with van der Waals surface area (Å²) in [4.78, 5) is 22.9. The third kappa shape index (κ3) is 5.18. The largest absolute Gasteiger partial charge is 0.494 e. The summed E-state index contributed by atoms with van der Waals surface area (Å²) in [6, 6.07) is 17.7. The summed E-state index contributed by atoms with van der Waals surface area (Å²) in [5.41, 5.74) is 3.93. The number of likely N-dealkylation sites (N-methyl/N-ethyl adjacent to an activating group) is 1. The fraction of sp³-hybridized carbons (Fsp3) is 0.333. The lowest BCUT2D eigenvalue weighted by atomic mass is 10.2. The second-order valence-electron chi connectivity index (χ2n) is 9.72. The van der Waals surface area contributed by atoms with Crippen LogP contribution in [0.3, 0.4) is 0 Å². The van der Waals surface area contributed by atoms with Crippen molar-refractivity contribution in [1.82, 2.24) is 9.88 Å². The molecule has 4 aromatic rings. The van der Waals surface area contributed by atoms with Gasteiger partial charge in [-0.05, 0) is 74.0 Å². The van der Waals surface area contributed by atoms with Crippen LogP contribution in [0.5, 0.6) is 5.75 Å². The molecule has 10 heteroatoms. The Morgan fingerprint density at radius 2 is 1.75 bits per heavy atom. The molecule has 1 aromatic heterocycles. The van der Waals surface area contributed by atoms with Crippen LogP contribution in [0.4, 0.5) is 10.8 Å². The number of para-hydroxylation sites is 1. The van der Waals surface area contributed by atoms with Gasteiger partial charge in [-0.1, -0.05) is 49.4 Å². The number of aryl methyl sites for hydroxylation is 1. The number of sulfonamides is 1. The van der Waals surface area contributed by atoms with E-state index in [1.165, 1.54) is 27.8 Å². The normalized spacial score (nSPS) is 13.2. The van der Waals surface area contributed by atoms with Gasteiger partial charge in [-0.15, -0.1) is 0 Å². The van der Waals surface area contributed by atoms with E-state index in [1.807, 2.05) is 43.3 Å². The molecular weight excluding hydrogens is 544 g/mol. The quantitative estimate of drug-likeness (QED) is 0.252. The minimum atomic E-state index is -3.75. The van der Waals surface area contributed by atoms with E-state index in [0.29, 0.717) is 48.2 Å². The number of anilines is 2. The van der Waals surface area contributed by atoms with Crippen LogP contribution in [0.25, 0.3) is 10.2 Å². The van der Waals surface area contributed by atoms with Crippen LogP contribution in [0.15, 0.2) is 65.6 Å². The highest BCUT2D eigenvalue weighted by Crippen LogP contribution is 2.37. The Morgan fingerprint density at radius 3 is 2.45 bits per heavy atom. The lowest BCUT2D eigenvalue weighted by molar-refractivity contribution is 0.0983. The van der Waals surface area contributed by atoms with Gasteiger partial charge in [0.2, 0.25) is 0 Å². The van der Waals surface area contributed by atoms with E-state index < -0.39 is 10.0 Å². The molecule has 0 N–H and O–H groups in total. The monoisotopic (exact) mass is 578 g/mol. The first-order chi connectivity index (χ1) is 19.3. The Bertz CT molecular complexity index is 1630. The molecule has 0 atom stereocenters. The Morgan fingerprint density at radius 1 is 1.02 bits per heavy atom. The van der Waals surface area contributed by atoms with Crippen molar-refractivity contribution in [2.75, 3.05) is 49.0 Å². The Kier molecular flexibility index (Phi) is 8.11. The zero-order valence-electron chi connectivity index (χ0n) is 23.3. The van der Waals surface area contributed by atoms with E-state index in [9.17, 15) is 13.2 Å². The minimum absolute atomic E-state index is 0.163. The zero-order chi connectivity index (χ0) is 28.4. The number of hydrogen-bond acceptors (Lipinski definition) is 7. The molecule has 1 aliphatic heterocycles. The van der Waals surface area contributed by atoms with Crippen LogP contribution in [0, 0.1) is 6.92 Å². The molecule has 0 saturated carbocycles. The van der Waals surface area contributed by atoms with Crippen molar-refractivity contribution in [2.24, 2.45) is 0 Å². The highest BCUT2D eigenvalue weighted by Gasteiger charge is 2.31. The third-order valence-corrected chi connectivity index (χ3v) is 10.5. The molecule has 5 rings (SSSR count). The molecule has 0 radical (unpaired) electrons.